The molecule has 0 aliphatic rings. The van der Waals surface area contributed by atoms with Crippen molar-refractivity contribution in [3.05, 3.63) is 12.0 Å². The van der Waals surface area contributed by atoms with Crippen LogP contribution in [0.4, 0.5) is 4.39 Å². The number of hydrogen-bond acceptors (Lipinski definition) is 1. The van der Waals surface area contributed by atoms with Gasteiger partial charge < -0.3 is 0 Å². The first kappa shape index (κ1) is 6.34. The molecule has 0 aromatic rings. The van der Waals surface area contributed by atoms with Crippen molar-refractivity contribution in [2.75, 3.05) is 0 Å². The second-order valence-corrected chi connectivity index (χ2v) is 1.12. The Hall–Kier alpha value is -0.660. The van der Waals surface area contributed by atoms with Crippen molar-refractivity contribution in [3.63, 3.8) is 0 Å². The minimum atomic E-state index is -0.266. The van der Waals surface area contributed by atoms with Crippen LogP contribution in [0.25, 0.3) is 0 Å². The number of nitrogens with zero attached hydrogens (tertiary/aromatic N) is 1. The number of halogens is 1. The van der Waals surface area contributed by atoms with Gasteiger partial charge in [0.05, 0.1) is 6.20 Å². The van der Waals surface area contributed by atoms with E-state index in [2.05, 4.69) is 4.99 Å². The maximum atomic E-state index is 11.6. The lowest BCUT2D eigenvalue weighted by Gasteiger charge is -1.73. The Bertz CT molecular complexity index is 90.3. The molecule has 0 aromatic heterocycles. The molecule has 40 valence electrons. The van der Waals surface area contributed by atoms with E-state index >= 15 is 0 Å². The molecule has 0 heterocycles. The van der Waals surface area contributed by atoms with Crippen LogP contribution in [0.1, 0.15) is 13.8 Å². The molecule has 0 spiro atoms. The van der Waals surface area contributed by atoms with Gasteiger partial charge in [-0.3, -0.25) is 4.99 Å². The van der Waals surface area contributed by atoms with Crippen molar-refractivity contribution in [2.45, 2.75) is 13.8 Å². The number of aliphatic imine (C=N–C) groups is 1. The zero-order valence-electron chi connectivity index (χ0n) is 4.48. The second-order valence-electron chi connectivity index (χ2n) is 1.12. The molecule has 0 radical (unpaired) electrons. The highest BCUT2D eigenvalue weighted by Crippen LogP contribution is 1.90. The van der Waals surface area contributed by atoms with E-state index in [1.54, 1.807) is 6.92 Å². The summed E-state index contributed by atoms with van der Waals surface area (Å²) >= 11 is 0. The van der Waals surface area contributed by atoms with Crippen molar-refractivity contribution in [1.29, 1.82) is 0 Å². The highest BCUT2D eigenvalue weighted by atomic mass is 19.1. The van der Waals surface area contributed by atoms with E-state index in [0.717, 1.165) is 0 Å². The van der Waals surface area contributed by atoms with Gasteiger partial charge in [0, 0.05) is 6.21 Å². The van der Waals surface area contributed by atoms with Crippen LogP contribution in [0.3, 0.4) is 0 Å². The standard InChI is InChI=1S/C5H8FN/c1-3-7-4-5(2)6/h3-4H,1-2H3/b5-4+,7-3?. The lowest BCUT2D eigenvalue weighted by molar-refractivity contribution is 0.637. The first-order chi connectivity index (χ1) is 3.27. The fourth-order valence-electron chi connectivity index (χ4n) is 0.177. The van der Waals surface area contributed by atoms with Crippen LogP contribution in [-0.4, -0.2) is 6.21 Å². The lowest BCUT2D eigenvalue weighted by Crippen LogP contribution is -1.57. The Labute approximate surface area is 42.6 Å². The third-order valence-corrected chi connectivity index (χ3v) is 0.402. The number of hydrogen-bond donors (Lipinski definition) is 0. The third-order valence-electron chi connectivity index (χ3n) is 0.402. The molecule has 0 atom stereocenters. The van der Waals surface area contributed by atoms with Crippen LogP contribution in [0.5, 0.6) is 0 Å². The summed E-state index contributed by atoms with van der Waals surface area (Å²) in [6.45, 7) is 3.09. The molecular formula is C5H8FN. The number of allylic oxidation sites excluding steroid dienone is 1. The first-order valence-electron chi connectivity index (χ1n) is 2.07. The second kappa shape index (κ2) is 3.53. The average molecular weight is 101 g/mol. The molecule has 0 aliphatic carbocycles. The summed E-state index contributed by atoms with van der Waals surface area (Å²) in [4.78, 5) is 3.51. The predicted octanol–water partition coefficient (Wildman–Crippen LogP) is 1.91. The monoisotopic (exact) mass is 101 g/mol. The highest BCUT2D eigenvalue weighted by Gasteiger charge is 1.72. The van der Waals surface area contributed by atoms with Gasteiger partial charge in [-0.25, -0.2) is 4.39 Å². The molecular weight excluding hydrogens is 93.1 g/mol. The Kier molecular flexibility index (Phi) is 3.19. The summed E-state index contributed by atoms with van der Waals surface area (Å²) in [6.07, 6.45) is 2.70. The molecule has 2 heteroatoms. The molecule has 0 aliphatic heterocycles. The fourth-order valence-corrected chi connectivity index (χ4v) is 0.177. The predicted molar refractivity (Wildman–Crippen MR) is 29.0 cm³/mol. The van der Waals surface area contributed by atoms with Gasteiger partial charge in [0.25, 0.3) is 0 Å². The Morgan fingerprint density at radius 3 is 2.43 bits per heavy atom. The Morgan fingerprint density at radius 2 is 2.29 bits per heavy atom. The molecule has 0 N–H and O–H groups in total. The molecule has 0 unspecified atom stereocenters. The maximum Gasteiger partial charge on any atom is 0.115 e. The van der Waals surface area contributed by atoms with E-state index in [0.29, 0.717) is 0 Å². The van der Waals surface area contributed by atoms with E-state index in [1.807, 2.05) is 0 Å². The fraction of sp³-hybridized carbons (Fsp3) is 0.400. The van der Waals surface area contributed by atoms with Crippen LogP contribution in [0, 0.1) is 0 Å². The highest BCUT2D eigenvalue weighted by molar-refractivity contribution is 5.54. The smallest absolute Gasteiger partial charge is 0.115 e. The summed E-state index contributed by atoms with van der Waals surface area (Å²) in [6, 6.07) is 0. The SMILES string of the molecule is CC=N/C=C(\C)F. The van der Waals surface area contributed by atoms with Gasteiger partial charge in [-0.2, -0.15) is 0 Å². The summed E-state index contributed by atoms with van der Waals surface area (Å²) < 4.78 is 11.6. The summed E-state index contributed by atoms with van der Waals surface area (Å²) in [5, 5.41) is 0. The van der Waals surface area contributed by atoms with Crippen molar-refractivity contribution >= 4 is 6.21 Å². The van der Waals surface area contributed by atoms with Crippen LogP contribution >= 0.6 is 0 Å². The largest absolute Gasteiger partial charge is 0.267 e. The van der Waals surface area contributed by atoms with Crippen molar-refractivity contribution < 1.29 is 4.39 Å². The quantitative estimate of drug-likeness (QED) is 0.447. The van der Waals surface area contributed by atoms with Gasteiger partial charge in [0.2, 0.25) is 0 Å². The van der Waals surface area contributed by atoms with Crippen LogP contribution < -0.4 is 0 Å². The van der Waals surface area contributed by atoms with E-state index < -0.39 is 0 Å². The molecule has 7 heavy (non-hydrogen) atoms. The minimum absolute atomic E-state index is 0.266. The molecule has 0 saturated heterocycles. The number of rotatable bonds is 1. The molecule has 0 bridgehead atoms. The van der Waals surface area contributed by atoms with Gasteiger partial charge in [0.1, 0.15) is 5.83 Å². The van der Waals surface area contributed by atoms with E-state index in [-0.39, 0.29) is 5.83 Å². The van der Waals surface area contributed by atoms with E-state index in [4.69, 9.17) is 0 Å². The van der Waals surface area contributed by atoms with E-state index in [9.17, 15) is 4.39 Å². The molecule has 0 saturated carbocycles. The first-order valence-corrected chi connectivity index (χ1v) is 2.07. The molecule has 0 aromatic carbocycles. The van der Waals surface area contributed by atoms with Crippen molar-refractivity contribution in [1.82, 2.24) is 0 Å². The zero-order chi connectivity index (χ0) is 5.70. The average Bonchev–Trinajstić information content (AvgIpc) is 1.61. The van der Waals surface area contributed by atoms with Crippen LogP contribution in [0.2, 0.25) is 0 Å². The van der Waals surface area contributed by atoms with Gasteiger partial charge in [-0.15, -0.1) is 0 Å². The Morgan fingerprint density at radius 1 is 1.71 bits per heavy atom. The molecule has 0 fully saturated rings. The summed E-state index contributed by atoms with van der Waals surface area (Å²) in [7, 11) is 0. The van der Waals surface area contributed by atoms with Crippen LogP contribution in [0.15, 0.2) is 17.0 Å². The lowest BCUT2D eigenvalue weighted by atomic mass is 10.6. The van der Waals surface area contributed by atoms with Gasteiger partial charge in [-0.05, 0) is 13.8 Å². The maximum absolute atomic E-state index is 11.6. The third kappa shape index (κ3) is 5.34. The van der Waals surface area contributed by atoms with Gasteiger partial charge in [-0.1, -0.05) is 0 Å². The minimum Gasteiger partial charge on any atom is -0.267 e. The topological polar surface area (TPSA) is 12.4 Å². The van der Waals surface area contributed by atoms with Crippen LogP contribution in [-0.2, 0) is 0 Å². The van der Waals surface area contributed by atoms with Crippen molar-refractivity contribution in [2.24, 2.45) is 4.99 Å². The van der Waals surface area contributed by atoms with Gasteiger partial charge >= 0.3 is 0 Å². The van der Waals surface area contributed by atoms with E-state index in [1.165, 1.54) is 19.3 Å². The summed E-state index contributed by atoms with van der Waals surface area (Å²) in [5.41, 5.74) is 0. The molecule has 1 nitrogen and oxygen atoms in total. The normalized spacial score (nSPS) is 13.3. The summed E-state index contributed by atoms with van der Waals surface area (Å²) in [5.74, 6) is -0.266. The van der Waals surface area contributed by atoms with Crippen molar-refractivity contribution in [3.8, 4) is 0 Å². The molecule has 0 amide bonds. The molecule has 0 rings (SSSR count). The van der Waals surface area contributed by atoms with Gasteiger partial charge in [0.15, 0.2) is 0 Å². The zero-order valence-corrected chi connectivity index (χ0v) is 4.48. The Balaban J connectivity index is 3.46.